The molecular weight excluding hydrogens is 328 g/mol. The molecule has 130 valence electrons. The first-order chi connectivity index (χ1) is 12.0. The van der Waals surface area contributed by atoms with Crippen LogP contribution in [-0.4, -0.2) is 52.2 Å². The number of Topliss-reactive ketones (excluding diaryl/α,β-unsaturated/α-hetero) is 2. The van der Waals surface area contributed by atoms with E-state index in [2.05, 4.69) is 0 Å². The number of rotatable bonds is 2. The predicted molar refractivity (Wildman–Crippen MR) is 81.4 cm³/mol. The Hall–Kier alpha value is -2.25. The van der Waals surface area contributed by atoms with Crippen LogP contribution >= 0.6 is 0 Å². The average molecular weight is 344 g/mol. The largest absolute Gasteiger partial charge is 0.507 e. The molecule has 1 aromatic rings. The van der Waals surface area contributed by atoms with Crippen molar-refractivity contribution in [2.24, 2.45) is 0 Å². The summed E-state index contributed by atoms with van der Waals surface area (Å²) in [6.07, 6.45) is -0.929. The highest BCUT2D eigenvalue weighted by Gasteiger charge is 2.91. The molecule has 4 aliphatic rings. The van der Waals surface area contributed by atoms with Gasteiger partial charge in [0.15, 0.2) is 11.7 Å². The van der Waals surface area contributed by atoms with Gasteiger partial charge in [-0.05, 0) is 12.5 Å². The minimum atomic E-state index is -1.53. The summed E-state index contributed by atoms with van der Waals surface area (Å²) < 4.78 is 17.2. The zero-order valence-electron chi connectivity index (χ0n) is 13.5. The molecule has 7 nitrogen and oxygen atoms in total. The number of esters is 1. The maximum absolute atomic E-state index is 13.3. The first-order valence-electron chi connectivity index (χ1n) is 8.44. The molecule has 3 heterocycles. The Morgan fingerprint density at radius 1 is 1.20 bits per heavy atom. The third kappa shape index (κ3) is 1.48. The Kier molecular flexibility index (Phi) is 2.69. The maximum atomic E-state index is 13.3. The average Bonchev–Trinajstić information content (AvgIpc) is 3.18. The minimum absolute atomic E-state index is 0.0342. The Bertz CT molecular complexity index is 846. The van der Waals surface area contributed by atoms with Crippen LogP contribution in [0, 0.1) is 0 Å². The van der Waals surface area contributed by atoms with Crippen molar-refractivity contribution in [1.29, 1.82) is 0 Å². The number of phenolic OH excluding ortho intramolecular Hbond substituents is 1. The van der Waals surface area contributed by atoms with Gasteiger partial charge in [0, 0.05) is 5.56 Å². The lowest BCUT2D eigenvalue weighted by molar-refractivity contribution is -0.146. The fourth-order valence-electron chi connectivity index (χ4n) is 4.70. The van der Waals surface area contributed by atoms with E-state index >= 15 is 0 Å². The van der Waals surface area contributed by atoms with E-state index < -0.39 is 47.0 Å². The number of hydrogen-bond donors (Lipinski definition) is 1. The molecule has 0 aromatic heterocycles. The van der Waals surface area contributed by atoms with Crippen molar-refractivity contribution in [3.63, 3.8) is 0 Å². The number of fused-ring (bicyclic) bond motifs is 2. The van der Waals surface area contributed by atoms with Gasteiger partial charge in [0.1, 0.15) is 11.9 Å². The van der Waals surface area contributed by atoms with Gasteiger partial charge in [-0.15, -0.1) is 0 Å². The van der Waals surface area contributed by atoms with Crippen molar-refractivity contribution in [3.05, 3.63) is 29.3 Å². The quantitative estimate of drug-likeness (QED) is 0.634. The van der Waals surface area contributed by atoms with Crippen molar-refractivity contribution in [3.8, 4) is 5.75 Å². The minimum Gasteiger partial charge on any atom is -0.507 e. The van der Waals surface area contributed by atoms with Crippen LogP contribution < -0.4 is 0 Å². The van der Waals surface area contributed by atoms with E-state index in [9.17, 15) is 19.5 Å². The highest BCUT2D eigenvalue weighted by molar-refractivity contribution is 6.27. The number of hydrogen-bond acceptors (Lipinski definition) is 7. The monoisotopic (exact) mass is 344 g/mol. The van der Waals surface area contributed by atoms with Gasteiger partial charge in [-0.3, -0.25) is 14.4 Å². The Labute approximate surface area is 142 Å². The third-order valence-electron chi connectivity index (χ3n) is 5.73. The first kappa shape index (κ1) is 15.0. The van der Waals surface area contributed by atoms with Crippen LogP contribution in [0.2, 0.25) is 0 Å². The molecule has 4 unspecified atom stereocenters. The molecule has 1 N–H and O–H groups in total. The van der Waals surface area contributed by atoms with E-state index in [0.29, 0.717) is 12.8 Å². The molecule has 5 atom stereocenters. The molecule has 3 aliphatic heterocycles. The maximum Gasteiger partial charge on any atom is 0.309 e. The number of phenols is 1. The van der Waals surface area contributed by atoms with Crippen LogP contribution in [0.3, 0.4) is 0 Å². The van der Waals surface area contributed by atoms with Gasteiger partial charge in [-0.25, -0.2) is 0 Å². The second-order valence-corrected chi connectivity index (χ2v) is 7.00. The van der Waals surface area contributed by atoms with Crippen LogP contribution in [0.1, 0.15) is 46.9 Å². The highest BCUT2D eigenvalue weighted by atomic mass is 16.7. The van der Waals surface area contributed by atoms with Crippen LogP contribution in [0.5, 0.6) is 5.75 Å². The molecule has 0 saturated carbocycles. The summed E-state index contributed by atoms with van der Waals surface area (Å²) in [6, 6.07) is 4.37. The fourth-order valence-corrected chi connectivity index (χ4v) is 4.70. The summed E-state index contributed by atoms with van der Waals surface area (Å²) in [7, 11) is 0. The molecule has 3 saturated heterocycles. The van der Waals surface area contributed by atoms with E-state index in [4.69, 9.17) is 14.2 Å². The number of carbonyl (C=O) groups excluding carboxylic acids is 3. The first-order valence-corrected chi connectivity index (χ1v) is 8.44. The standard InChI is InChI=1S/C18H16O7/c1-2-4-11-17-15(22)13-8(5-3-6-9(13)19)14(21)18(17,25-17)16-10(23-11)7-12(20)24-16/h3,5-6,10-11,16,19H,2,4,7H2,1H3/t10-,11?,16?,17?,18?/m1/s1. The van der Waals surface area contributed by atoms with Crippen molar-refractivity contribution in [2.75, 3.05) is 0 Å². The van der Waals surface area contributed by atoms with E-state index in [1.165, 1.54) is 18.2 Å². The number of epoxide rings is 1. The summed E-state index contributed by atoms with van der Waals surface area (Å²) in [6.45, 7) is 1.94. The molecule has 25 heavy (non-hydrogen) atoms. The smallest absolute Gasteiger partial charge is 0.309 e. The third-order valence-corrected chi connectivity index (χ3v) is 5.73. The molecule has 0 amide bonds. The van der Waals surface area contributed by atoms with Crippen LogP contribution in [-0.2, 0) is 19.0 Å². The lowest BCUT2D eigenvalue weighted by Gasteiger charge is -2.39. The van der Waals surface area contributed by atoms with E-state index in [-0.39, 0.29) is 23.3 Å². The number of benzene rings is 1. The molecule has 3 fully saturated rings. The molecule has 0 radical (unpaired) electrons. The Morgan fingerprint density at radius 3 is 2.76 bits per heavy atom. The molecular formula is C18H16O7. The molecule has 7 heteroatoms. The van der Waals surface area contributed by atoms with Crippen molar-refractivity contribution in [2.45, 2.75) is 55.7 Å². The normalized spacial score (nSPS) is 40.7. The van der Waals surface area contributed by atoms with Gasteiger partial charge in [0.2, 0.25) is 17.2 Å². The van der Waals surface area contributed by atoms with E-state index in [1.54, 1.807) is 0 Å². The molecule has 1 aliphatic carbocycles. The van der Waals surface area contributed by atoms with Crippen molar-refractivity contribution in [1.82, 2.24) is 0 Å². The van der Waals surface area contributed by atoms with Crippen molar-refractivity contribution < 1.29 is 33.7 Å². The molecule has 5 rings (SSSR count). The zero-order valence-corrected chi connectivity index (χ0v) is 13.5. The number of ether oxygens (including phenoxy) is 3. The van der Waals surface area contributed by atoms with Gasteiger partial charge >= 0.3 is 5.97 Å². The van der Waals surface area contributed by atoms with Gasteiger partial charge in [0.25, 0.3) is 0 Å². The number of ketones is 2. The molecule has 0 bridgehead atoms. The van der Waals surface area contributed by atoms with Gasteiger partial charge in [-0.1, -0.05) is 25.5 Å². The second-order valence-electron chi connectivity index (χ2n) is 7.00. The highest BCUT2D eigenvalue weighted by Crippen LogP contribution is 2.66. The van der Waals surface area contributed by atoms with Crippen LogP contribution in [0.15, 0.2) is 18.2 Å². The van der Waals surface area contributed by atoms with Gasteiger partial charge < -0.3 is 19.3 Å². The Morgan fingerprint density at radius 2 is 2.00 bits per heavy atom. The van der Waals surface area contributed by atoms with E-state index in [0.717, 1.165) is 0 Å². The van der Waals surface area contributed by atoms with Crippen molar-refractivity contribution >= 4 is 17.5 Å². The summed E-state index contributed by atoms with van der Waals surface area (Å²) in [5, 5.41) is 10.2. The number of aromatic hydroxyl groups is 1. The van der Waals surface area contributed by atoms with Crippen LogP contribution in [0.25, 0.3) is 0 Å². The lowest BCUT2D eigenvalue weighted by Crippen LogP contribution is -2.63. The number of carbonyl (C=O) groups is 3. The Balaban J connectivity index is 1.74. The zero-order chi connectivity index (χ0) is 17.6. The summed E-state index contributed by atoms with van der Waals surface area (Å²) in [4.78, 5) is 38.3. The summed E-state index contributed by atoms with van der Waals surface area (Å²) in [5.74, 6) is -1.62. The summed E-state index contributed by atoms with van der Waals surface area (Å²) >= 11 is 0. The lowest BCUT2D eigenvalue weighted by atomic mass is 9.66. The van der Waals surface area contributed by atoms with Gasteiger partial charge in [0.05, 0.1) is 18.1 Å². The topological polar surface area (TPSA) is 102 Å². The molecule has 0 spiro atoms. The van der Waals surface area contributed by atoms with Crippen LogP contribution in [0.4, 0.5) is 0 Å². The predicted octanol–water partition coefficient (Wildman–Crippen LogP) is 1.16. The second kappa shape index (κ2) is 4.47. The fraction of sp³-hybridized carbons (Fsp3) is 0.500. The summed E-state index contributed by atoms with van der Waals surface area (Å²) in [5.41, 5.74) is -2.97. The molecule has 1 aromatic carbocycles. The van der Waals surface area contributed by atoms with Gasteiger partial charge in [-0.2, -0.15) is 0 Å². The SMILES string of the molecule is CCCC1O[C@@H]2CC(=O)OC2C23OC12C(=O)c1c(O)cccc1C3=O. The van der Waals surface area contributed by atoms with E-state index in [1.807, 2.05) is 6.92 Å².